The molecule has 0 aliphatic rings. The van der Waals surface area contributed by atoms with E-state index in [0.29, 0.717) is 11.5 Å². The lowest BCUT2D eigenvalue weighted by Gasteiger charge is -2.11. The Morgan fingerprint density at radius 1 is 1.00 bits per heavy atom. The molecule has 1 amide bonds. The summed E-state index contributed by atoms with van der Waals surface area (Å²) in [6, 6.07) is 15.0. The van der Waals surface area contributed by atoms with Crippen LogP contribution in [0.3, 0.4) is 0 Å². The van der Waals surface area contributed by atoms with E-state index in [9.17, 15) is 9.59 Å². The van der Waals surface area contributed by atoms with E-state index in [0.717, 1.165) is 16.7 Å². The number of aryl methyl sites for hydroxylation is 2. The fourth-order valence-electron chi connectivity index (χ4n) is 2.49. The summed E-state index contributed by atoms with van der Waals surface area (Å²) >= 11 is 0. The summed E-state index contributed by atoms with van der Waals surface area (Å²) in [5, 5.41) is 2.80. The molecule has 24 heavy (non-hydrogen) atoms. The Morgan fingerprint density at radius 2 is 1.67 bits per heavy atom. The third-order valence-corrected chi connectivity index (χ3v) is 3.81. The Balaban J connectivity index is 1.90. The van der Waals surface area contributed by atoms with Gasteiger partial charge in [0.05, 0.1) is 0 Å². The average molecular weight is 319 g/mol. The first kappa shape index (κ1) is 15.7. The molecule has 2 N–H and O–H groups in total. The SMILES string of the molecule is Cc1cccc(C)c1NC(=O)c1cnc(-c2ccccc2)[nH]c1=O. The van der Waals surface area contributed by atoms with Crippen molar-refractivity contribution in [3.05, 3.63) is 81.8 Å². The Morgan fingerprint density at radius 3 is 2.29 bits per heavy atom. The van der Waals surface area contributed by atoms with Crippen molar-refractivity contribution in [1.82, 2.24) is 9.97 Å². The number of nitrogens with zero attached hydrogens (tertiary/aromatic N) is 1. The average Bonchev–Trinajstić information content (AvgIpc) is 2.59. The van der Waals surface area contributed by atoms with Gasteiger partial charge in [0.1, 0.15) is 11.4 Å². The fraction of sp³-hybridized carbons (Fsp3) is 0.105. The number of aromatic nitrogens is 2. The van der Waals surface area contributed by atoms with Gasteiger partial charge in [0.15, 0.2) is 0 Å². The van der Waals surface area contributed by atoms with Gasteiger partial charge < -0.3 is 10.3 Å². The second kappa shape index (κ2) is 6.50. The lowest BCUT2D eigenvalue weighted by molar-refractivity contribution is 0.102. The Labute approximate surface area is 139 Å². The summed E-state index contributed by atoms with van der Waals surface area (Å²) in [4.78, 5) is 31.5. The van der Waals surface area contributed by atoms with E-state index in [-0.39, 0.29) is 5.56 Å². The number of nitrogens with one attached hydrogen (secondary N) is 2. The smallest absolute Gasteiger partial charge is 0.264 e. The van der Waals surface area contributed by atoms with Crippen LogP contribution in [0.4, 0.5) is 5.69 Å². The van der Waals surface area contributed by atoms with Crippen molar-refractivity contribution in [3.8, 4) is 11.4 Å². The molecule has 1 aromatic heterocycles. The first-order chi connectivity index (χ1) is 11.6. The standard InChI is InChI=1S/C19H17N3O2/c1-12-7-6-8-13(2)16(12)21-18(23)15-11-20-17(22-19(15)24)14-9-4-3-5-10-14/h3-11H,1-2H3,(H,21,23)(H,20,22,24). The van der Waals surface area contributed by atoms with Gasteiger partial charge in [-0.15, -0.1) is 0 Å². The van der Waals surface area contributed by atoms with Gasteiger partial charge in [0.2, 0.25) is 0 Å². The van der Waals surface area contributed by atoms with Crippen LogP contribution in [0.1, 0.15) is 21.5 Å². The van der Waals surface area contributed by atoms with Crippen LogP contribution in [-0.2, 0) is 0 Å². The van der Waals surface area contributed by atoms with Crippen LogP contribution in [0.15, 0.2) is 59.5 Å². The molecule has 0 aliphatic heterocycles. The summed E-state index contributed by atoms with van der Waals surface area (Å²) in [6.45, 7) is 3.81. The van der Waals surface area contributed by atoms with E-state index in [2.05, 4.69) is 15.3 Å². The molecular formula is C19H17N3O2. The molecule has 3 aromatic rings. The van der Waals surface area contributed by atoms with E-state index < -0.39 is 11.5 Å². The molecule has 5 heteroatoms. The molecule has 0 radical (unpaired) electrons. The van der Waals surface area contributed by atoms with Crippen molar-refractivity contribution in [3.63, 3.8) is 0 Å². The Kier molecular flexibility index (Phi) is 4.24. The normalized spacial score (nSPS) is 10.4. The fourth-order valence-corrected chi connectivity index (χ4v) is 2.49. The van der Waals surface area contributed by atoms with Crippen molar-refractivity contribution in [1.29, 1.82) is 0 Å². The van der Waals surface area contributed by atoms with Gasteiger partial charge in [-0.25, -0.2) is 4.98 Å². The van der Waals surface area contributed by atoms with Gasteiger partial charge in [0.25, 0.3) is 11.5 Å². The van der Waals surface area contributed by atoms with Crippen molar-refractivity contribution < 1.29 is 4.79 Å². The second-order valence-electron chi connectivity index (χ2n) is 5.56. The molecule has 3 rings (SSSR count). The van der Waals surface area contributed by atoms with Crippen molar-refractivity contribution in [2.24, 2.45) is 0 Å². The van der Waals surface area contributed by atoms with Crippen LogP contribution >= 0.6 is 0 Å². The van der Waals surface area contributed by atoms with Gasteiger partial charge >= 0.3 is 0 Å². The molecule has 0 fully saturated rings. The summed E-state index contributed by atoms with van der Waals surface area (Å²) < 4.78 is 0. The second-order valence-corrected chi connectivity index (χ2v) is 5.56. The predicted octanol–water partition coefficient (Wildman–Crippen LogP) is 3.31. The highest BCUT2D eigenvalue weighted by molar-refractivity contribution is 6.04. The van der Waals surface area contributed by atoms with Gasteiger partial charge in [-0.2, -0.15) is 0 Å². The maximum atomic E-state index is 12.4. The highest BCUT2D eigenvalue weighted by Gasteiger charge is 2.14. The van der Waals surface area contributed by atoms with Crippen LogP contribution in [0, 0.1) is 13.8 Å². The molecule has 0 saturated heterocycles. The zero-order valence-corrected chi connectivity index (χ0v) is 13.5. The molecule has 0 aliphatic carbocycles. The van der Waals surface area contributed by atoms with E-state index in [1.54, 1.807) is 0 Å². The lowest BCUT2D eigenvalue weighted by atomic mass is 10.1. The zero-order valence-electron chi connectivity index (χ0n) is 13.5. The lowest BCUT2D eigenvalue weighted by Crippen LogP contribution is -2.24. The summed E-state index contributed by atoms with van der Waals surface area (Å²) in [5.41, 5.74) is 2.90. The third kappa shape index (κ3) is 3.10. The number of carbonyl (C=O) groups excluding carboxylic acids is 1. The number of para-hydroxylation sites is 1. The number of carbonyl (C=O) groups is 1. The molecule has 2 aromatic carbocycles. The monoisotopic (exact) mass is 319 g/mol. The topological polar surface area (TPSA) is 74.8 Å². The molecule has 0 unspecified atom stereocenters. The van der Waals surface area contributed by atoms with Crippen LogP contribution in [-0.4, -0.2) is 15.9 Å². The molecular weight excluding hydrogens is 302 g/mol. The molecule has 120 valence electrons. The molecule has 1 heterocycles. The number of hydrogen-bond acceptors (Lipinski definition) is 3. The van der Waals surface area contributed by atoms with Gasteiger partial charge in [-0.05, 0) is 25.0 Å². The van der Waals surface area contributed by atoms with Gasteiger partial charge in [0, 0.05) is 17.4 Å². The Hall–Kier alpha value is -3.21. The van der Waals surface area contributed by atoms with Crippen LogP contribution in [0.5, 0.6) is 0 Å². The first-order valence-corrected chi connectivity index (χ1v) is 7.58. The number of benzene rings is 2. The number of hydrogen-bond donors (Lipinski definition) is 2. The maximum absolute atomic E-state index is 12.4. The zero-order chi connectivity index (χ0) is 17.1. The molecule has 0 saturated carbocycles. The maximum Gasteiger partial charge on any atom is 0.264 e. The quantitative estimate of drug-likeness (QED) is 0.778. The summed E-state index contributed by atoms with van der Waals surface area (Å²) in [7, 11) is 0. The molecule has 0 bridgehead atoms. The summed E-state index contributed by atoms with van der Waals surface area (Å²) in [5.74, 6) is -0.0371. The van der Waals surface area contributed by atoms with E-state index >= 15 is 0 Å². The third-order valence-electron chi connectivity index (χ3n) is 3.81. The minimum Gasteiger partial charge on any atom is -0.321 e. The van der Waals surface area contributed by atoms with E-state index in [4.69, 9.17) is 0 Å². The largest absolute Gasteiger partial charge is 0.321 e. The highest BCUT2D eigenvalue weighted by Crippen LogP contribution is 2.20. The Bertz CT molecular complexity index is 926. The summed E-state index contributed by atoms with van der Waals surface area (Å²) in [6.07, 6.45) is 1.31. The van der Waals surface area contributed by atoms with Crippen LogP contribution in [0.25, 0.3) is 11.4 Å². The van der Waals surface area contributed by atoms with Crippen LogP contribution in [0.2, 0.25) is 0 Å². The molecule has 5 nitrogen and oxygen atoms in total. The number of rotatable bonds is 3. The van der Waals surface area contributed by atoms with Gasteiger partial charge in [-0.1, -0.05) is 48.5 Å². The minimum absolute atomic E-state index is 0.0164. The molecule has 0 atom stereocenters. The van der Waals surface area contributed by atoms with Crippen LogP contribution < -0.4 is 10.9 Å². The van der Waals surface area contributed by atoms with Crippen molar-refractivity contribution >= 4 is 11.6 Å². The van der Waals surface area contributed by atoms with Gasteiger partial charge in [-0.3, -0.25) is 9.59 Å². The number of aromatic amines is 1. The van der Waals surface area contributed by atoms with Crippen molar-refractivity contribution in [2.75, 3.05) is 5.32 Å². The number of anilines is 1. The first-order valence-electron chi connectivity index (χ1n) is 7.58. The van der Waals surface area contributed by atoms with E-state index in [1.165, 1.54) is 6.20 Å². The molecule has 0 spiro atoms. The number of amides is 1. The van der Waals surface area contributed by atoms with Crippen molar-refractivity contribution in [2.45, 2.75) is 13.8 Å². The highest BCUT2D eigenvalue weighted by atomic mass is 16.2. The van der Waals surface area contributed by atoms with E-state index in [1.807, 2.05) is 62.4 Å². The predicted molar refractivity (Wildman–Crippen MR) is 94.2 cm³/mol. The minimum atomic E-state index is -0.472. The number of H-pyrrole nitrogens is 1.